The quantitative estimate of drug-likeness (QED) is 0.852. The molecule has 5 nitrogen and oxygen atoms in total. The summed E-state index contributed by atoms with van der Waals surface area (Å²) in [6, 6.07) is 0.269. The molecule has 2 rings (SSSR count). The maximum absolute atomic E-state index is 6.00. The van der Waals surface area contributed by atoms with Crippen LogP contribution in [0.4, 0.5) is 0 Å². The molecule has 1 aliphatic heterocycles. The lowest BCUT2D eigenvalue weighted by Crippen LogP contribution is -2.41. The molecule has 0 saturated carbocycles. The van der Waals surface area contributed by atoms with E-state index in [0.29, 0.717) is 5.92 Å². The number of aromatic nitrogens is 2. The first-order valence-corrected chi connectivity index (χ1v) is 7.48. The van der Waals surface area contributed by atoms with Crippen molar-refractivity contribution >= 4 is 0 Å². The van der Waals surface area contributed by atoms with Gasteiger partial charge in [-0.15, -0.1) is 0 Å². The van der Waals surface area contributed by atoms with E-state index >= 15 is 0 Å². The van der Waals surface area contributed by atoms with Crippen LogP contribution in [0.25, 0.3) is 0 Å². The van der Waals surface area contributed by atoms with E-state index < -0.39 is 0 Å². The third kappa shape index (κ3) is 4.28. The topological polar surface area (TPSA) is 68.2 Å². The first-order chi connectivity index (χ1) is 9.19. The second-order valence-electron chi connectivity index (χ2n) is 5.70. The van der Waals surface area contributed by atoms with Crippen LogP contribution in [-0.4, -0.2) is 34.2 Å². The second-order valence-corrected chi connectivity index (χ2v) is 5.70. The van der Waals surface area contributed by atoms with E-state index in [0.717, 1.165) is 50.6 Å². The molecule has 2 unspecified atom stereocenters. The van der Waals surface area contributed by atoms with Crippen LogP contribution < -0.4 is 5.73 Å². The summed E-state index contributed by atoms with van der Waals surface area (Å²) in [5, 5.41) is 4.04. The molecule has 19 heavy (non-hydrogen) atoms. The van der Waals surface area contributed by atoms with Gasteiger partial charge in [-0.3, -0.25) is 4.90 Å². The molecule has 5 heteroatoms. The van der Waals surface area contributed by atoms with Gasteiger partial charge in [0.25, 0.3) is 0 Å². The average Bonchev–Trinajstić information content (AvgIpc) is 2.84. The SMILES string of the molecule is CCCCc1noc(CN2CCCC(C(C)N)C2)n1. The van der Waals surface area contributed by atoms with Gasteiger partial charge in [0.1, 0.15) is 0 Å². The summed E-state index contributed by atoms with van der Waals surface area (Å²) < 4.78 is 5.33. The number of likely N-dealkylation sites (tertiary alicyclic amines) is 1. The van der Waals surface area contributed by atoms with Crippen molar-refractivity contribution in [3.63, 3.8) is 0 Å². The maximum atomic E-state index is 6.00. The van der Waals surface area contributed by atoms with Crippen LogP contribution in [0.2, 0.25) is 0 Å². The first-order valence-electron chi connectivity index (χ1n) is 7.48. The van der Waals surface area contributed by atoms with Gasteiger partial charge in [0.05, 0.1) is 6.54 Å². The molecule has 0 aliphatic carbocycles. The van der Waals surface area contributed by atoms with Crippen molar-refractivity contribution in [3.8, 4) is 0 Å². The summed E-state index contributed by atoms with van der Waals surface area (Å²) in [7, 11) is 0. The van der Waals surface area contributed by atoms with E-state index in [-0.39, 0.29) is 6.04 Å². The largest absolute Gasteiger partial charge is 0.338 e. The molecule has 2 N–H and O–H groups in total. The minimum Gasteiger partial charge on any atom is -0.338 e. The van der Waals surface area contributed by atoms with Crippen LogP contribution in [-0.2, 0) is 13.0 Å². The fourth-order valence-corrected chi connectivity index (χ4v) is 2.65. The Balaban J connectivity index is 1.84. The zero-order valence-electron chi connectivity index (χ0n) is 12.1. The summed E-state index contributed by atoms with van der Waals surface area (Å²) >= 11 is 0. The number of piperidine rings is 1. The summed E-state index contributed by atoms with van der Waals surface area (Å²) in [4.78, 5) is 6.84. The second kappa shape index (κ2) is 7.01. The van der Waals surface area contributed by atoms with E-state index in [4.69, 9.17) is 10.3 Å². The van der Waals surface area contributed by atoms with Crippen LogP contribution in [0, 0.1) is 5.92 Å². The zero-order valence-corrected chi connectivity index (χ0v) is 12.1. The number of hydrogen-bond donors (Lipinski definition) is 1. The predicted molar refractivity (Wildman–Crippen MR) is 74.6 cm³/mol. The standard InChI is InChI=1S/C14H26N4O/c1-3-4-7-13-16-14(19-17-13)10-18-8-5-6-12(9-18)11(2)15/h11-12H,3-10,15H2,1-2H3. The molecule has 0 radical (unpaired) electrons. The Hall–Kier alpha value is -0.940. The number of aryl methyl sites for hydroxylation is 1. The van der Waals surface area contributed by atoms with Crippen molar-refractivity contribution in [2.24, 2.45) is 11.7 Å². The van der Waals surface area contributed by atoms with Crippen molar-refractivity contribution in [1.29, 1.82) is 0 Å². The molecule has 1 aromatic heterocycles. The third-order valence-corrected chi connectivity index (χ3v) is 3.91. The minimum absolute atomic E-state index is 0.269. The lowest BCUT2D eigenvalue weighted by molar-refractivity contribution is 0.139. The van der Waals surface area contributed by atoms with Gasteiger partial charge in [0, 0.05) is 19.0 Å². The van der Waals surface area contributed by atoms with Crippen LogP contribution >= 0.6 is 0 Å². The summed E-state index contributed by atoms with van der Waals surface area (Å²) in [5.74, 6) is 2.19. The first kappa shape index (κ1) is 14.5. The smallest absolute Gasteiger partial charge is 0.240 e. The number of rotatable bonds is 6. The molecule has 0 amide bonds. The highest BCUT2D eigenvalue weighted by molar-refractivity contribution is 4.88. The Bertz CT molecular complexity index is 377. The van der Waals surface area contributed by atoms with E-state index in [2.05, 4.69) is 28.9 Å². The molecule has 0 aromatic carbocycles. The molecule has 108 valence electrons. The molecular formula is C14H26N4O. The summed E-state index contributed by atoms with van der Waals surface area (Å²) in [5.41, 5.74) is 6.00. The molecule has 1 aromatic rings. The van der Waals surface area contributed by atoms with Gasteiger partial charge in [-0.25, -0.2) is 0 Å². The van der Waals surface area contributed by atoms with Crippen molar-refractivity contribution < 1.29 is 4.52 Å². The maximum Gasteiger partial charge on any atom is 0.240 e. The van der Waals surface area contributed by atoms with Gasteiger partial charge < -0.3 is 10.3 Å². The molecule has 0 bridgehead atoms. The Morgan fingerprint density at radius 2 is 2.37 bits per heavy atom. The normalized spacial score (nSPS) is 22.6. The van der Waals surface area contributed by atoms with Crippen LogP contribution in [0.15, 0.2) is 4.52 Å². The van der Waals surface area contributed by atoms with Crippen molar-refractivity contribution in [2.75, 3.05) is 13.1 Å². The van der Waals surface area contributed by atoms with Crippen LogP contribution in [0.5, 0.6) is 0 Å². The molecule has 2 heterocycles. The molecule has 1 aliphatic rings. The van der Waals surface area contributed by atoms with Gasteiger partial charge in [0.2, 0.25) is 5.89 Å². The highest BCUT2D eigenvalue weighted by atomic mass is 16.5. The summed E-state index contributed by atoms with van der Waals surface area (Å²) in [6.45, 7) is 7.19. The molecule has 0 spiro atoms. The fraction of sp³-hybridized carbons (Fsp3) is 0.857. The highest BCUT2D eigenvalue weighted by Gasteiger charge is 2.23. The van der Waals surface area contributed by atoms with Crippen LogP contribution in [0.3, 0.4) is 0 Å². The Labute approximate surface area is 115 Å². The van der Waals surface area contributed by atoms with E-state index in [1.165, 1.54) is 12.8 Å². The lowest BCUT2D eigenvalue weighted by Gasteiger charge is -2.33. The van der Waals surface area contributed by atoms with Crippen molar-refractivity contribution in [2.45, 2.75) is 58.5 Å². The summed E-state index contributed by atoms with van der Waals surface area (Å²) in [6.07, 6.45) is 5.65. The van der Waals surface area contributed by atoms with Gasteiger partial charge in [-0.05, 0) is 38.6 Å². The number of hydrogen-bond acceptors (Lipinski definition) is 5. The average molecular weight is 266 g/mol. The van der Waals surface area contributed by atoms with Gasteiger partial charge in [0.15, 0.2) is 5.82 Å². The fourth-order valence-electron chi connectivity index (χ4n) is 2.65. The van der Waals surface area contributed by atoms with E-state index in [1.807, 2.05) is 0 Å². The van der Waals surface area contributed by atoms with E-state index in [1.54, 1.807) is 0 Å². The van der Waals surface area contributed by atoms with Crippen LogP contribution in [0.1, 0.15) is 51.2 Å². The predicted octanol–water partition coefficient (Wildman–Crippen LogP) is 1.97. The Kier molecular flexibility index (Phi) is 5.34. The Morgan fingerprint density at radius 3 is 3.11 bits per heavy atom. The molecule has 1 fully saturated rings. The number of nitrogens with two attached hydrogens (primary N) is 1. The highest BCUT2D eigenvalue weighted by Crippen LogP contribution is 2.20. The van der Waals surface area contributed by atoms with Crippen molar-refractivity contribution in [3.05, 3.63) is 11.7 Å². The zero-order chi connectivity index (χ0) is 13.7. The Morgan fingerprint density at radius 1 is 1.53 bits per heavy atom. The van der Waals surface area contributed by atoms with Gasteiger partial charge >= 0.3 is 0 Å². The lowest BCUT2D eigenvalue weighted by atomic mass is 9.92. The van der Waals surface area contributed by atoms with Crippen molar-refractivity contribution in [1.82, 2.24) is 15.0 Å². The molecular weight excluding hydrogens is 240 g/mol. The van der Waals surface area contributed by atoms with E-state index in [9.17, 15) is 0 Å². The molecule has 1 saturated heterocycles. The van der Waals surface area contributed by atoms with Gasteiger partial charge in [-0.1, -0.05) is 18.5 Å². The third-order valence-electron chi connectivity index (χ3n) is 3.91. The van der Waals surface area contributed by atoms with Gasteiger partial charge in [-0.2, -0.15) is 4.98 Å². The minimum atomic E-state index is 0.269. The monoisotopic (exact) mass is 266 g/mol. The molecule has 2 atom stereocenters. The number of nitrogens with zero attached hydrogens (tertiary/aromatic N) is 3. The number of unbranched alkanes of at least 4 members (excludes halogenated alkanes) is 1.